The maximum absolute atomic E-state index is 5.10. The molecule has 94 valence electrons. The maximum Gasteiger partial charge on any atom is 0.228 e. The number of hydrogen-bond acceptors (Lipinski definition) is 5. The molecule has 1 atom stereocenters. The number of methoxy groups -OCH3 is 1. The number of rotatable bonds is 4. The second-order valence-corrected chi connectivity index (χ2v) is 3.94. The second kappa shape index (κ2) is 5.44. The van der Waals surface area contributed by atoms with E-state index in [2.05, 4.69) is 21.9 Å². The van der Waals surface area contributed by atoms with Gasteiger partial charge in [0.2, 0.25) is 11.8 Å². The van der Waals surface area contributed by atoms with Gasteiger partial charge in [0, 0.05) is 25.5 Å². The van der Waals surface area contributed by atoms with Crippen LogP contribution in [0.25, 0.3) is 0 Å². The van der Waals surface area contributed by atoms with Crippen LogP contribution in [-0.4, -0.2) is 29.1 Å². The SMILES string of the molecule is COc1ccnc(N(C)C(C)c2ccccn2)n1. The van der Waals surface area contributed by atoms with Gasteiger partial charge in [-0.05, 0) is 19.1 Å². The Labute approximate surface area is 106 Å². The van der Waals surface area contributed by atoms with Crippen LogP contribution < -0.4 is 9.64 Å². The van der Waals surface area contributed by atoms with E-state index < -0.39 is 0 Å². The predicted octanol–water partition coefficient (Wildman–Crippen LogP) is 2.08. The third-order valence-corrected chi connectivity index (χ3v) is 2.84. The molecule has 0 aliphatic rings. The smallest absolute Gasteiger partial charge is 0.228 e. The highest BCUT2D eigenvalue weighted by molar-refractivity contribution is 5.34. The van der Waals surface area contributed by atoms with Crippen molar-refractivity contribution in [3.63, 3.8) is 0 Å². The number of hydrogen-bond donors (Lipinski definition) is 0. The van der Waals surface area contributed by atoms with Gasteiger partial charge in [0.05, 0.1) is 18.8 Å². The number of ether oxygens (including phenoxy) is 1. The van der Waals surface area contributed by atoms with Crippen LogP contribution in [-0.2, 0) is 0 Å². The lowest BCUT2D eigenvalue weighted by Gasteiger charge is -2.24. The fourth-order valence-corrected chi connectivity index (χ4v) is 1.61. The average molecular weight is 244 g/mol. The molecule has 0 aliphatic heterocycles. The van der Waals surface area contributed by atoms with Crippen molar-refractivity contribution in [3.8, 4) is 5.88 Å². The van der Waals surface area contributed by atoms with Crippen LogP contribution in [0.1, 0.15) is 18.7 Å². The molecule has 0 radical (unpaired) electrons. The number of pyridine rings is 1. The summed E-state index contributed by atoms with van der Waals surface area (Å²) in [6.07, 6.45) is 3.47. The van der Waals surface area contributed by atoms with Gasteiger partial charge in [-0.25, -0.2) is 4.98 Å². The molecular weight excluding hydrogens is 228 g/mol. The number of anilines is 1. The first-order chi connectivity index (χ1) is 8.72. The van der Waals surface area contributed by atoms with Crippen molar-refractivity contribution in [2.45, 2.75) is 13.0 Å². The summed E-state index contributed by atoms with van der Waals surface area (Å²) < 4.78 is 5.10. The number of aromatic nitrogens is 3. The maximum atomic E-state index is 5.10. The van der Waals surface area contributed by atoms with E-state index in [4.69, 9.17) is 4.74 Å². The summed E-state index contributed by atoms with van der Waals surface area (Å²) in [7, 11) is 3.53. The van der Waals surface area contributed by atoms with Gasteiger partial charge in [0.15, 0.2) is 0 Å². The minimum atomic E-state index is 0.0957. The fourth-order valence-electron chi connectivity index (χ4n) is 1.61. The number of nitrogens with zero attached hydrogens (tertiary/aromatic N) is 4. The molecule has 1 unspecified atom stereocenters. The third kappa shape index (κ3) is 2.56. The fraction of sp³-hybridized carbons (Fsp3) is 0.308. The molecule has 0 spiro atoms. The van der Waals surface area contributed by atoms with Crippen LogP contribution in [0.3, 0.4) is 0 Å². The van der Waals surface area contributed by atoms with Gasteiger partial charge in [-0.2, -0.15) is 4.98 Å². The standard InChI is InChI=1S/C13H16N4O/c1-10(11-6-4-5-8-14-11)17(2)13-15-9-7-12(16-13)18-3/h4-10H,1-3H3. The van der Waals surface area contributed by atoms with E-state index in [0.29, 0.717) is 11.8 Å². The summed E-state index contributed by atoms with van der Waals surface area (Å²) in [6, 6.07) is 7.68. The van der Waals surface area contributed by atoms with Gasteiger partial charge >= 0.3 is 0 Å². The lowest BCUT2D eigenvalue weighted by molar-refractivity contribution is 0.396. The molecule has 2 heterocycles. The minimum Gasteiger partial charge on any atom is -0.481 e. The van der Waals surface area contributed by atoms with E-state index in [0.717, 1.165) is 5.69 Å². The van der Waals surface area contributed by atoms with E-state index in [1.54, 1.807) is 25.6 Å². The molecule has 0 saturated heterocycles. The van der Waals surface area contributed by atoms with Crippen LogP contribution >= 0.6 is 0 Å². The highest BCUT2D eigenvalue weighted by atomic mass is 16.5. The molecule has 0 fully saturated rings. The summed E-state index contributed by atoms with van der Waals surface area (Å²) in [5.74, 6) is 1.17. The molecule has 0 N–H and O–H groups in total. The summed E-state index contributed by atoms with van der Waals surface area (Å²) in [4.78, 5) is 14.8. The Morgan fingerprint density at radius 3 is 2.67 bits per heavy atom. The normalized spacial score (nSPS) is 11.9. The Hall–Kier alpha value is -2.17. The summed E-state index contributed by atoms with van der Waals surface area (Å²) in [6.45, 7) is 2.06. The van der Waals surface area contributed by atoms with Crippen molar-refractivity contribution in [3.05, 3.63) is 42.4 Å². The van der Waals surface area contributed by atoms with Crippen LogP contribution in [0.2, 0.25) is 0 Å². The van der Waals surface area contributed by atoms with Gasteiger partial charge in [-0.15, -0.1) is 0 Å². The van der Waals surface area contributed by atoms with Crippen molar-refractivity contribution >= 4 is 5.95 Å². The average Bonchev–Trinajstić information content (AvgIpc) is 2.46. The summed E-state index contributed by atoms with van der Waals surface area (Å²) in [5.41, 5.74) is 0.978. The Kier molecular flexibility index (Phi) is 3.72. The zero-order valence-electron chi connectivity index (χ0n) is 10.7. The Balaban J connectivity index is 2.22. The van der Waals surface area contributed by atoms with E-state index in [1.165, 1.54) is 0 Å². The molecule has 0 amide bonds. The molecular formula is C13H16N4O. The minimum absolute atomic E-state index is 0.0957. The first-order valence-corrected chi connectivity index (χ1v) is 5.73. The topological polar surface area (TPSA) is 51.1 Å². The third-order valence-electron chi connectivity index (χ3n) is 2.84. The molecule has 2 aromatic rings. The van der Waals surface area contributed by atoms with Gasteiger partial charge in [0.25, 0.3) is 0 Å². The molecule has 0 aromatic carbocycles. The lowest BCUT2D eigenvalue weighted by atomic mass is 10.2. The summed E-state index contributed by atoms with van der Waals surface area (Å²) >= 11 is 0. The van der Waals surface area contributed by atoms with Crippen molar-refractivity contribution in [2.24, 2.45) is 0 Å². The van der Waals surface area contributed by atoms with E-state index >= 15 is 0 Å². The van der Waals surface area contributed by atoms with Crippen LogP contribution in [0.4, 0.5) is 5.95 Å². The van der Waals surface area contributed by atoms with Gasteiger partial charge < -0.3 is 9.64 Å². The van der Waals surface area contributed by atoms with Crippen LogP contribution in [0.5, 0.6) is 5.88 Å². The first-order valence-electron chi connectivity index (χ1n) is 5.73. The second-order valence-electron chi connectivity index (χ2n) is 3.94. The zero-order valence-corrected chi connectivity index (χ0v) is 10.7. The van der Waals surface area contributed by atoms with E-state index in [-0.39, 0.29) is 6.04 Å². The molecule has 2 aromatic heterocycles. The quantitative estimate of drug-likeness (QED) is 0.824. The van der Waals surface area contributed by atoms with Crippen molar-refractivity contribution in [2.75, 3.05) is 19.1 Å². The Bertz CT molecular complexity index is 503. The molecule has 0 aliphatic carbocycles. The zero-order chi connectivity index (χ0) is 13.0. The monoisotopic (exact) mass is 244 g/mol. The first kappa shape index (κ1) is 12.3. The van der Waals surface area contributed by atoms with Gasteiger partial charge in [0.1, 0.15) is 0 Å². The van der Waals surface area contributed by atoms with E-state index in [1.807, 2.05) is 30.1 Å². The molecule has 18 heavy (non-hydrogen) atoms. The molecule has 5 nitrogen and oxygen atoms in total. The van der Waals surface area contributed by atoms with Crippen molar-refractivity contribution in [1.82, 2.24) is 15.0 Å². The van der Waals surface area contributed by atoms with Crippen LogP contribution in [0, 0.1) is 0 Å². The molecule has 0 saturated carbocycles. The Morgan fingerprint density at radius 2 is 2.00 bits per heavy atom. The van der Waals surface area contributed by atoms with E-state index in [9.17, 15) is 0 Å². The largest absolute Gasteiger partial charge is 0.481 e. The van der Waals surface area contributed by atoms with Gasteiger partial charge in [-0.3, -0.25) is 4.98 Å². The lowest BCUT2D eigenvalue weighted by Crippen LogP contribution is -2.24. The molecule has 0 bridgehead atoms. The summed E-state index contributed by atoms with van der Waals surface area (Å²) in [5, 5.41) is 0. The van der Waals surface area contributed by atoms with Gasteiger partial charge in [-0.1, -0.05) is 6.07 Å². The molecule has 5 heteroatoms. The Morgan fingerprint density at radius 1 is 1.17 bits per heavy atom. The van der Waals surface area contributed by atoms with Crippen LogP contribution in [0.15, 0.2) is 36.7 Å². The highest BCUT2D eigenvalue weighted by Crippen LogP contribution is 2.21. The van der Waals surface area contributed by atoms with Crippen molar-refractivity contribution in [1.29, 1.82) is 0 Å². The predicted molar refractivity (Wildman–Crippen MR) is 69.6 cm³/mol. The molecule has 2 rings (SSSR count). The van der Waals surface area contributed by atoms with Crippen molar-refractivity contribution < 1.29 is 4.74 Å². The highest BCUT2D eigenvalue weighted by Gasteiger charge is 2.15.